The molecule has 2 heterocycles. The van der Waals surface area contributed by atoms with Gasteiger partial charge in [0.05, 0.1) is 22.4 Å². The Balaban J connectivity index is 1.65. The Morgan fingerprint density at radius 2 is 1.86 bits per heavy atom. The van der Waals surface area contributed by atoms with E-state index in [-0.39, 0.29) is 35.6 Å². The van der Waals surface area contributed by atoms with E-state index in [9.17, 15) is 23.3 Å². The maximum absolute atomic E-state index is 13.7. The molecule has 0 saturated heterocycles. The Hall–Kier alpha value is -3.08. The van der Waals surface area contributed by atoms with E-state index in [1.807, 2.05) is 49.6 Å². The molecule has 1 aliphatic rings. The molecule has 8 nitrogen and oxygen atoms in total. The van der Waals surface area contributed by atoms with Crippen molar-refractivity contribution in [3.63, 3.8) is 0 Å². The lowest BCUT2D eigenvalue weighted by atomic mass is 9.90. The normalized spacial score (nSPS) is 15.7. The minimum Gasteiger partial charge on any atom is -0.330 e. The number of rotatable bonds is 8. The average Bonchev–Trinajstić information content (AvgIpc) is 3.32. The number of nitrogens with zero attached hydrogens (tertiary/aromatic N) is 3. The molecule has 1 amide bonds. The molecular weight excluding hydrogens is 486 g/mol. The van der Waals surface area contributed by atoms with Crippen molar-refractivity contribution in [1.82, 2.24) is 9.21 Å². The average molecular weight is 514 g/mol. The zero-order chi connectivity index (χ0) is 25.2. The highest BCUT2D eigenvalue weighted by atomic mass is 32.2. The molecule has 35 heavy (non-hydrogen) atoms. The van der Waals surface area contributed by atoms with E-state index in [4.69, 9.17) is 0 Å². The van der Waals surface area contributed by atoms with Gasteiger partial charge in [-0.2, -0.15) is 4.31 Å². The van der Waals surface area contributed by atoms with E-state index in [0.29, 0.717) is 13.0 Å². The van der Waals surface area contributed by atoms with E-state index in [2.05, 4.69) is 0 Å². The second kappa shape index (κ2) is 10.3. The van der Waals surface area contributed by atoms with E-state index in [1.54, 1.807) is 16.2 Å². The number of amides is 1. The van der Waals surface area contributed by atoms with Gasteiger partial charge in [-0.05, 0) is 60.0 Å². The molecule has 0 spiro atoms. The van der Waals surface area contributed by atoms with Gasteiger partial charge in [-0.15, -0.1) is 11.3 Å². The van der Waals surface area contributed by atoms with Gasteiger partial charge in [-0.25, -0.2) is 8.42 Å². The van der Waals surface area contributed by atoms with Gasteiger partial charge in [0.1, 0.15) is 0 Å². The van der Waals surface area contributed by atoms with Gasteiger partial charge >= 0.3 is 0 Å². The van der Waals surface area contributed by atoms with Crippen LogP contribution >= 0.6 is 11.3 Å². The number of non-ortho nitro benzene ring substituents is 1. The molecule has 0 aliphatic carbocycles. The Morgan fingerprint density at radius 3 is 2.51 bits per heavy atom. The van der Waals surface area contributed by atoms with E-state index in [1.165, 1.54) is 21.3 Å². The van der Waals surface area contributed by atoms with E-state index in [0.717, 1.165) is 35.2 Å². The standard InChI is InChI=1S/C25H27N3O5S2/c1-3-14-26(35(32,33)20-10-8-19(9-11-20)28(30)31)17-24(29)27-15-12-23-22(13-16-34-23)25(27)21-7-5-4-6-18(21)2/h4-11,13,16,25H,3,12,14-15,17H2,1-2H3. The fourth-order valence-electron chi connectivity index (χ4n) is 4.48. The fraction of sp³-hybridized carbons (Fsp3) is 0.320. The first-order valence-corrected chi connectivity index (χ1v) is 13.7. The maximum Gasteiger partial charge on any atom is 0.269 e. The Kier molecular flexibility index (Phi) is 7.34. The number of nitro benzene ring substituents is 1. The molecule has 0 radical (unpaired) electrons. The van der Waals surface area contributed by atoms with Crippen LogP contribution in [0.15, 0.2) is 64.9 Å². The number of hydrogen-bond acceptors (Lipinski definition) is 6. The van der Waals surface area contributed by atoms with Gasteiger partial charge in [0.2, 0.25) is 15.9 Å². The Labute approximate surface area is 209 Å². The van der Waals surface area contributed by atoms with Crippen LogP contribution in [0.25, 0.3) is 0 Å². The molecule has 3 aromatic rings. The summed E-state index contributed by atoms with van der Waals surface area (Å²) in [6.45, 7) is 4.23. The molecule has 10 heteroatoms. The minimum absolute atomic E-state index is 0.0708. The number of fused-ring (bicyclic) bond motifs is 1. The van der Waals surface area contributed by atoms with Gasteiger partial charge in [-0.1, -0.05) is 31.2 Å². The fourth-order valence-corrected chi connectivity index (χ4v) is 6.86. The molecule has 184 valence electrons. The minimum atomic E-state index is -4.01. The van der Waals surface area contributed by atoms with E-state index < -0.39 is 14.9 Å². The molecule has 1 aliphatic heterocycles. The number of sulfonamides is 1. The topological polar surface area (TPSA) is 101 Å². The Morgan fingerprint density at radius 1 is 1.14 bits per heavy atom. The molecule has 0 bridgehead atoms. The molecule has 0 N–H and O–H groups in total. The van der Waals surface area contributed by atoms with Crippen molar-refractivity contribution < 1.29 is 18.1 Å². The summed E-state index contributed by atoms with van der Waals surface area (Å²) in [7, 11) is -4.01. The predicted octanol–water partition coefficient (Wildman–Crippen LogP) is 4.54. The number of thiophene rings is 1. The summed E-state index contributed by atoms with van der Waals surface area (Å²) in [6.07, 6.45) is 1.25. The van der Waals surface area contributed by atoms with Gasteiger partial charge in [0, 0.05) is 30.1 Å². The second-order valence-electron chi connectivity index (χ2n) is 8.48. The van der Waals surface area contributed by atoms with Crippen molar-refractivity contribution in [3.8, 4) is 0 Å². The summed E-state index contributed by atoms with van der Waals surface area (Å²) in [6, 6.07) is 14.5. The molecule has 4 rings (SSSR count). The number of carbonyl (C=O) groups excluding carboxylic acids is 1. The quantitative estimate of drug-likeness (QED) is 0.325. The van der Waals surface area contributed by atoms with Crippen LogP contribution in [0.1, 0.15) is 41.0 Å². The van der Waals surface area contributed by atoms with Crippen LogP contribution in [0.3, 0.4) is 0 Å². The van der Waals surface area contributed by atoms with Gasteiger partial charge in [0.25, 0.3) is 5.69 Å². The summed E-state index contributed by atoms with van der Waals surface area (Å²) in [5.74, 6) is -0.269. The lowest BCUT2D eigenvalue weighted by Gasteiger charge is -2.38. The lowest BCUT2D eigenvalue weighted by molar-refractivity contribution is -0.384. The summed E-state index contributed by atoms with van der Waals surface area (Å²) in [4.78, 5) is 27.0. The van der Waals surface area contributed by atoms with Crippen LogP contribution in [-0.2, 0) is 21.2 Å². The number of benzene rings is 2. The van der Waals surface area contributed by atoms with Gasteiger partial charge < -0.3 is 4.90 Å². The number of hydrogen-bond donors (Lipinski definition) is 0. The van der Waals surface area contributed by atoms with Crippen molar-refractivity contribution >= 4 is 33.0 Å². The molecule has 1 unspecified atom stereocenters. The summed E-state index contributed by atoms with van der Waals surface area (Å²) in [5.41, 5.74) is 2.99. The van der Waals surface area contributed by atoms with Crippen LogP contribution in [-0.4, -0.2) is 48.1 Å². The van der Waals surface area contributed by atoms with Crippen LogP contribution < -0.4 is 0 Å². The monoisotopic (exact) mass is 513 g/mol. The molecule has 1 aromatic heterocycles. The zero-order valence-electron chi connectivity index (χ0n) is 19.6. The third kappa shape index (κ3) is 5.00. The first-order chi connectivity index (χ1) is 16.7. The molecule has 1 atom stereocenters. The lowest BCUT2D eigenvalue weighted by Crippen LogP contribution is -2.47. The second-order valence-corrected chi connectivity index (χ2v) is 11.4. The highest BCUT2D eigenvalue weighted by Gasteiger charge is 2.36. The summed E-state index contributed by atoms with van der Waals surface area (Å²) in [5, 5.41) is 13.0. The summed E-state index contributed by atoms with van der Waals surface area (Å²) < 4.78 is 27.9. The van der Waals surface area contributed by atoms with Crippen LogP contribution in [0.5, 0.6) is 0 Å². The van der Waals surface area contributed by atoms with Crippen molar-refractivity contribution in [1.29, 1.82) is 0 Å². The predicted molar refractivity (Wildman–Crippen MR) is 135 cm³/mol. The molecule has 0 saturated carbocycles. The highest BCUT2D eigenvalue weighted by Crippen LogP contribution is 2.39. The van der Waals surface area contributed by atoms with Crippen molar-refractivity contribution in [3.05, 3.63) is 91.7 Å². The van der Waals surface area contributed by atoms with Crippen LogP contribution in [0.4, 0.5) is 5.69 Å². The van der Waals surface area contributed by atoms with Gasteiger partial charge in [-0.3, -0.25) is 14.9 Å². The molecule has 0 fully saturated rings. The Bertz CT molecular complexity index is 1340. The SMILES string of the molecule is CCCN(CC(=O)N1CCc2sccc2C1c1ccccc1C)S(=O)(=O)c1ccc([N+](=O)[O-])cc1. The largest absolute Gasteiger partial charge is 0.330 e. The van der Waals surface area contributed by atoms with Crippen molar-refractivity contribution in [2.75, 3.05) is 19.6 Å². The first kappa shape index (κ1) is 25.0. The third-order valence-corrected chi connectivity index (χ3v) is 9.10. The van der Waals surface area contributed by atoms with E-state index >= 15 is 0 Å². The first-order valence-electron chi connectivity index (χ1n) is 11.4. The third-order valence-electron chi connectivity index (χ3n) is 6.24. The van der Waals surface area contributed by atoms with Crippen LogP contribution in [0, 0.1) is 17.0 Å². The maximum atomic E-state index is 13.7. The number of aryl methyl sites for hydroxylation is 1. The number of carbonyl (C=O) groups is 1. The number of nitro groups is 1. The van der Waals surface area contributed by atoms with Crippen molar-refractivity contribution in [2.24, 2.45) is 0 Å². The zero-order valence-corrected chi connectivity index (χ0v) is 21.2. The van der Waals surface area contributed by atoms with Gasteiger partial charge in [0.15, 0.2) is 0 Å². The van der Waals surface area contributed by atoms with Crippen molar-refractivity contribution in [2.45, 2.75) is 37.6 Å². The van der Waals surface area contributed by atoms with Crippen LogP contribution in [0.2, 0.25) is 0 Å². The summed E-state index contributed by atoms with van der Waals surface area (Å²) >= 11 is 1.68. The molecule has 2 aromatic carbocycles. The molecular formula is C25H27N3O5S2. The smallest absolute Gasteiger partial charge is 0.269 e. The highest BCUT2D eigenvalue weighted by molar-refractivity contribution is 7.89.